The van der Waals surface area contributed by atoms with E-state index in [0.717, 1.165) is 5.56 Å². The van der Waals surface area contributed by atoms with E-state index in [4.69, 9.17) is 9.47 Å². The molecule has 1 fully saturated rings. The van der Waals surface area contributed by atoms with Gasteiger partial charge in [-0.15, -0.1) is 0 Å². The SMILES string of the molecule is COC(=O)C1(CCc2ccc([N+](=O)[O-])cc2)CCN(C(=O)OC(C)(C)C)CC1. The van der Waals surface area contributed by atoms with Crippen LogP contribution in [0.2, 0.25) is 0 Å². The Morgan fingerprint density at radius 3 is 2.21 bits per heavy atom. The highest BCUT2D eigenvalue weighted by Crippen LogP contribution is 2.38. The second-order valence-electron chi connectivity index (χ2n) is 8.16. The van der Waals surface area contributed by atoms with Crippen molar-refractivity contribution in [2.45, 2.75) is 52.1 Å². The van der Waals surface area contributed by atoms with Crippen LogP contribution in [-0.4, -0.2) is 47.7 Å². The fourth-order valence-corrected chi connectivity index (χ4v) is 3.38. The summed E-state index contributed by atoms with van der Waals surface area (Å²) < 4.78 is 10.5. The van der Waals surface area contributed by atoms with Crippen LogP contribution in [0.4, 0.5) is 10.5 Å². The molecular weight excluding hydrogens is 364 g/mol. The summed E-state index contributed by atoms with van der Waals surface area (Å²) in [5.74, 6) is -0.279. The number of amides is 1. The van der Waals surface area contributed by atoms with Crippen LogP contribution in [-0.2, 0) is 20.7 Å². The first-order valence-corrected chi connectivity index (χ1v) is 9.36. The van der Waals surface area contributed by atoms with Gasteiger partial charge in [-0.05, 0) is 52.0 Å². The molecule has 8 nitrogen and oxygen atoms in total. The van der Waals surface area contributed by atoms with Gasteiger partial charge < -0.3 is 14.4 Å². The monoisotopic (exact) mass is 392 g/mol. The third kappa shape index (κ3) is 5.43. The van der Waals surface area contributed by atoms with Crippen molar-refractivity contribution in [1.29, 1.82) is 0 Å². The number of rotatable bonds is 5. The summed E-state index contributed by atoms with van der Waals surface area (Å²) in [7, 11) is 1.37. The van der Waals surface area contributed by atoms with Crippen LogP contribution in [0.5, 0.6) is 0 Å². The molecule has 28 heavy (non-hydrogen) atoms. The Morgan fingerprint density at radius 2 is 1.75 bits per heavy atom. The van der Waals surface area contributed by atoms with E-state index in [1.807, 2.05) is 20.8 Å². The molecular formula is C20H28N2O6. The molecule has 2 rings (SSSR count). The number of carbonyl (C=O) groups excluding carboxylic acids is 2. The van der Waals surface area contributed by atoms with Crippen molar-refractivity contribution >= 4 is 17.7 Å². The number of aryl methyl sites for hydroxylation is 1. The molecule has 0 aromatic heterocycles. The molecule has 1 aliphatic rings. The maximum absolute atomic E-state index is 12.5. The Labute approximate surface area is 164 Å². The molecule has 0 spiro atoms. The number of hydrogen-bond acceptors (Lipinski definition) is 6. The lowest BCUT2D eigenvalue weighted by Crippen LogP contribution is -2.48. The normalized spacial score (nSPS) is 16.4. The van der Waals surface area contributed by atoms with E-state index >= 15 is 0 Å². The average Bonchev–Trinajstić information content (AvgIpc) is 2.65. The number of likely N-dealkylation sites (tertiary alicyclic amines) is 1. The minimum Gasteiger partial charge on any atom is -0.469 e. The second-order valence-corrected chi connectivity index (χ2v) is 8.16. The summed E-state index contributed by atoms with van der Waals surface area (Å²) in [5, 5.41) is 10.8. The molecule has 0 aliphatic carbocycles. The molecule has 0 radical (unpaired) electrons. The van der Waals surface area contributed by atoms with Gasteiger partial charge in [-0.2, -0.15) is 0 Å². The van der Waals surface area contributed by atoms with E-state index in [2.05, 4.69) is 0 Å². The highest BCUT2D eigenvalue weighted by atomic mass is 16.6. The molecule has 1 aromatic rings. The summed E-state index contributed by atoms with van der Waals surface area (Å²) in [4.78, 5) is 36.7. The topological polar surface area (TPSA) is 99.0 Å². The van der Waals surface area contributed by atoms with Gasteiger partial charge in [0.1, 0.15) is 5.60 Å². The Hall–Kier alpha value is -2.64. The van der Waals surface area contributed by atoms with Crippen molar-refractivity contribution in [2.75, 3.05) is 20.2 Å². The number of nitro benzene ring substituents is 1. The van der Waals surface area contributed by atoms with Gasteiger partial charge in [-0.1, -0.05) is 12.1 Å². The smallest absolute Gasteiger partial charge is 0.410 e. The van der Waals surface area contributed by atoms with Crippen LogP contribution in [0.1, 0.15) is 45.6 Å². The van der Waals surface area contributed by atoms with Gasteiger partial charge in [-0.3, -0.25) is 14.9 Å². The van der Waals surface area contributed by atoms with E-state index in [1.165, 1.54) is 19.2 Å². The zero-order chi connectivity index (χ0) is 20.9. The molecule has 0 atom stereocenters. The van der Waals surface area contributed by atoms with Crippen molar-refractivity contribution in [1.82, 2.24) is 4.90 Å². The highest BCUT2D eigenvalue weighted by Gasteiger charge is 2.43. The second kappa shape index (κ2) is 8.58. The van der Waals surface area contributed by atoms with Crippen molar-refractivity contribution in [3.63, 3.8) is 0 Å². The van der Waals surface area contributed by atoms with Crippen molar-refractivity contribution in [2.24, 2.45) is 5.41 Å². The van der Waals surface area contributed by atoms with Crippen LogP contribution >= 0.6 is 0 Å². The zero-order valence-electron chi connectivity index (χ0n) is 16.9. The fourth-order valence-electron chi connectivity index (χ4n) is 3.38. The number of methoxy groups -OCH3 is 1. The van der Waals surface area contributed by atoms with Gasteiger partial charge in [0.05, 0.1) is 17.4 Å². The molecule has 1 saturated heterocycles. The first kappa shape index (κ1) is 21.7. The largest absolute Gasteiger partial charge is 0.469 e. The number of non-ortho nitro benzene ring substituents is 1. The minimum absolute atomic E-state index is 0.0390. The Kier molecular flexibility index (Phi) is 6.64. The molecule has 154 valence electrons. The fraction of sp³-hybridized carbons (Fsp3) is 0.600. The number of carbonyl (C=O) groups is 2. The standard InChI is InChI=1S/C20H28N2O6/c1-19(2,3)28-18(24)21-13-11-20(12-14-21,17(23)27-4)10-9-15-5-7-16(8-6-15)22(25)26/h5-8H,9-14H2,1-4H3. The molecule has 0 N–H and O–H groups in total. The lowest BCUT2D eigenvalue weighted by atomic mass is 9.74. The van der Waals surface area contributed by atoms with E-state index in [0.29, 0.717) is 38.8 Å². The minimum atomic E-state index is -0.672. The number of nitro groups is 1. The molecule has 0 saturated carbocycles. The van der Waals surface area contributed by atoms with Crippen LogP contribution in [0.15, 0.2) is 24.3 Å². The average molecular weight is 392 g/mol. The molecule has 1 aliphatic heterocycles. The van der Waals surface area contributed by atoms with Crippen LogP contribution < -0.4 is 0 Å². The maximum Gasteiger partial charge on any atom is 0.410 e. The van der Waals surface area contributed by atoms with Gasteiger partial charge in [0, 0.05) is 25.2 Å². The first-order valence-electron chi connectivity index (χ1n) is 9.36. The summed E-state index contributed by atoms with van der Waals surface area (Å²) in [6, 6.07) is 6.34. The van der Waals surface area contributed by atoms with Crippen LogP contribution in [0, 0.1) is 15.5 Å². The van der Waals surface area contributed by atoms with Crippen molar-refractivity contribution in [3.8, 4) is 0 Å². The summed E-state index contributed by atoms with van der Waals surface area (Å²) >= 11 is 0. The first-order chi connectivity index (χ1) is 13.1. The van der Waals surface area contributed by atoms with Crippen molar-refractivity contribution < 1.29 is 24.0 Å². The molecule has 8 heteroatoms. The van der Waals surface area contributed by atoms with Gasteiger partial charge in [-0.25, -0.2) is 4.79 Å². The van der Waals surface area contributed by atoms with Gasteiger partial charge in [0.25, 0.3) is 5.69 Å². The third-order valence-corrected chi connectivity index (χ3v) is 5.03. The van der Waals surface area contributed by atoms with Gasteiger partial charge in [0.2, 0.25) is 0 Å². The number of hydrogen-bond donors (Lipinski definition) is 0. The molecule has 0 bridgehead atoms. The predicted octanol–water partition coefficient (Wildman–Crippen LogP) is 3.72. The third-order valence-electron chi connectivity index (χ3n) is 5.03. The Balaban J connectivity index is 2.02. The number of ether oxygens (including phenoxy) is 2. The van der Waals surface area contributed by atoms with Crippen LogP contribution in [0.3, 0.4) is 0 Å². The van der Waals surface area contributed by atoms with E-state index in [-0.39, 0.29) is 17.7 Å². The predicted molar refractivity (Wildman–Crippen MR) is 103 cm³/mol. The number of benzene rings is 1. The van der Waals surface area contributed by atoms with E-state index in [9.17, 15) is 19.7 Å². The summed E-state index contributed by atoms with van der Waals surface area (Å²) in [6.07, 6.45) is 1.76. The number of esters is 1. The zero-order valence-corrected chi connectivity index (χ0v) is 16.9. The van der Waals surface area contributed by atoms with Gasteiger partial charge >= 0.3 is 12.1 Å². The lowest BCUT2D eigenvalue weighted by Gasteiger charge is -2.40. The summed E-state index contributed by atoms with van der Waals surface area (Å²) in [6.45, 7) is 6.29. The maximum atomic E-state index is 12.5. The molecule has 0 unspecified atom stereocenters. The van der Waals surface area contributed by atoms with Crippen molar-refractivity contribution in [3.05, 3.63) is 39.9 Å². The van der Waals surface area contributed by atoms with Crippen LogP contribution in [0.25, 0.3) is 0 Å². The molecule has 1 heterocycles. The number of piperidine rings is 1. The molecule has 1 aromatic carbocycles. The van der Waals surface area contributed by atoms with Gasteiger partial charge in [0.15, 0.2) is 0 Å². The van der Waals surface area contributed by atoms with E-state index in [1.54, 1.807) is 17.0 Å². The quantitative estimate of drug-likeness (QED) is 0.430. The Morgan fingerprint density at radius 1 is 1.18 bits per heavy atom. The summed E-state index contributed by atoms with van der Waals surface area (Å²) in [5.41, 5.74) is -0.278. The number of nitrogens with zero attached hydrogens (tertiary/aromatic N) is 2. The highest BCUT2D eigenvalue weighted by molar-refractivity contribution is 5.77. The lowest BCUT2D eigenvalue weighted by molar-refractivity contribution is -0.384. The van der Waals surface area contributed by atoms with E-state index < -0.39 is 15.9 Å². The molecule has 1 amide bonds. The Bertz CT molecular complexity index is 715.